The van der Waals surface area contributed by atoms with Crippen LogP contribution in [0.1, 0.15) is 15.9 Å². The van der Waals surface area contributed by atoms with Crippen LogP contribution in [0.4, 0.5) is 0 Å². The van der Waals surface area contributed by atoms with Gasteiger partial charge in [0, 0.05) is 5.56 Å². The lowest BCUT2D eigenvalue weighted by molar-refractivity contribution is 0.0957. The first kappa shape index (κ1) is 16.0. The van der Waals surface area contributed by atoms with E-state index in [-0.39, 0.29) is 5.78 Å². The lowest BCUT2D eigenvalue weighted by Gasteiger charge is -2.13. The fraction of sp³-hybridized carbons (Fsp3) is 0.278. The minimum Gasteiger partial charge on any atom is -0.493 e. The van der Waals surface area contributed by atoms with Gasteiger partial charge in [-0.05, 0) is 37.9 Å². The Morgan fingerprint density at radius 3 is 2.41 bits per heavy atom. The Hall–Kier alpha value is -2.33. The van der Waals surface area contributed by atoms with Gasteiger partial charge in [-0.25, -0.2) is 0 Å². The molecule has 0 amide bonds. The van der Waals surface area contributed by atoms with Crippen LogP contribution in [0, 0.1) is 0 Å². The Labute approximate surface area is 131 Å². The van der Waals surface area contributed by atoms with Crippen molar-refractivity contribution in [3.05, 3.63) is 59.7 Å². The van der Waals surface area contributed by atoms with Crippen molar-refractivity contribution in [2.75, 3.05) is 27.7 Å². The van der Waals surface area contributed by atoms with Crippen LogP contribution in [0.5, 0.6) is 11.5 Å². The molecule has 0 aromatic heterocycles. The lowest BCUT2D eigenvalue weighted by atomic mass is 10.1. The van der Waals surface area contributed by atoms with Crippen LogP contribution in [-0.2, 0) is 6.61 Å². The summed E-state index contributed by atoms with van der Waals surface area (Å²) in [6, 6.07) is 15.2. The van der Waals surface area contributed by atoms with Gasteiger partial charge in [-0.15, -0.1) is 0 Å². The van der Waals surface area contributed by atoms with Gasteiger partial charge in [-0.1, -0.05) is 30.3 Å². The van der Waals surface area contributed by atoms with Gasteiger partial charge in [0.25, 0.3) is 0 Å². The van der Waals surface area contributed by atoms with Gasteiger partial charge < -0.3 is 14.4 Å². The van der Waals surface area contributed by atoms with Crippen LogP contribution in [0.2, 0.25) is 0 Å². The van der Waals surface area contributed by atoms with Gasteiger partial charge in [0.2, 0.25) is 0 Å². The van der Waals surface area contributed by atoms with Gasteiger partial charge in [0.05, 0.1) is 13.7 Å². The van der Waals surface area contributed by atoms with Gasteiger partial charge in [0.15, 0.2) is 17.3 Å². The second kappa shape index (κ2) is 7.61. The predicted octanol–water partition coefficient (Wildman–Crippen LogP) is 3.02. The van der Waals surface area contributed by atoms with Crippen molar-refractivity contribution >= 4 is 5.78 Å². The maximum Gasteiger partial charge on any atom is 0.176 e. The van der Waals surface area contributed by atoms with Gasteiger partial charge in [-0.2, -0.15) is 0 Å². The molecule has 0 atom stereocenters. The Bertz CT molecular complexity index is 623. The SMILES string of the molecule is COc1cc(C(=O)CN(C)C)ccc1OCc1ccccc1. The third-order valence-electron chi connectivity index (χ3n) is 3.18. The Morgan fingerprint density at radius 2 is 1.77 bits per heavy atom. The van der Waals surface area contributed by atoms with Crippen molar-refractivity contribution in [2.45, 2.75) is 6.61 Å². The number of ketones is 1. The fourth-order valence-electron chi connectivity index (χ4n) is 2.07. The molecule has 2 rings (SSSR count). The molecule has 0 spiro atoms. The Kier molecular flexibility index (Phi) is 5.55. The minimum absolute atomic E-state index is 0.0536. The smallest absolute Gasteiger partial charge is 0.176 e. The van der Waals surface area contributed by atoms with E-state index in [2.05, 4.69) is 0 Å². The van der Waals surface area contributed by atoms with E-state index in [0.717, 1.165) is 5.56 Å². The largest absolute Gasteiger partial charge is 0.493 e. The second-order valence-corrected chi connectivity index (χ2v) is 5.30. The molecular weight excluding hydrogens is 278 g/mol. The van der Waals surface area contributed by atoms with Gasteiger partial charge >= 0.3 is 0 Å². The van der Waals surface area contributed by atoms with Crippen LogP contribution in [-0.4, -0.2) is 38.4 Å². The number of rotatable bonds is 7. The number of methoxy groups -OCH3 is 1. The quantitative estimate of drug-likeness (QED) is 0.737. The molecule has 0 saturated carbocycles. The summed E-state index contributed by atoms with van der Waals surface area (Å²) < 4.78 is 11.1. The van der Waals surface area contributed by atoms with Gasteiger partial charge in [0.1, 0.15) is 6.61 Å². The molecule has 0 heterocycles. The molecule has 0 bridgehead atoms. The lowest BCUT2D eigenvalue weighted by Crippen LogP contribution is -2.21. The molecule has 2 aromatic carbocycles. The minimum atomic E-state index is 0.0536. The standard InChI is InChI=1S/C18H21NO3/c1-19(2)12-16(20)15-9-10-17(18(11-15)21-3)22-13-14-7-5-4-6-8-14/h4-11H,12-13H2,1-3H3. The molecule has 4 nitrogen and oxygen atoms in total. The molecule has 0 unspecified atom stereocenters. The molecule has 2 aromatic rings. The molecular formula is C18H21NO3. The molecule has 22 heavy (non-hydrogen) atoms. The number of carbonyl (C=O) groups excluding carboxylic acids is 1. The number of nitrogens with zero attached hydrogens (tertiary/aromatic N) is 1. The molecule has 0 aliphatic carbocycles. The number of hydrogen-bond acceptors (Lipinski definition) is 4. The number of benzene rings is 2. The number of Topliss-reactive ketones (excluding diaryl/α,β-unsaturated/α-hetero) is 1. The van der Waals surface area contributed by atoms with E-state index in [1.54, 1.807) is 25.3 Å². The number of carbonyl (C=O) groups is 1. The first-order valence-electron chi connectivity index (χ1n) is 7.13. The summed E-state index contributed by atoms with van der Waals surface area (Å²) in [5.74, 6) is 1.26. The first-order valence-corrected chi connectivity index (χ1v) is 7.13. The van der Waals surface area contributed by atoms with Crippen molar-refractivity contribution in [3.63, 3.8) is 0 Å². The van der Waals surface area contributed by atoms with Crippen molar-refractivity contribution in [1.29, 1.82) is 0 Å². The molecule has 0 aliphatic rings. The average molecular weight is 299 g/mol. The van der Waals surface area contributed by atoms with E-state index in [0.29, 0.717) is 30.2 Å². The van der Waals surface area contributed by atoms with E-state index in [9.17, 15) is 4.79 Å². The van der Waals surface area contributed by atoms with E-state index in [4.69, 9.17) is 9.47 Å². The third kappa shape index (κ3) is 4.33. The van der Waals surface area contributed by atoms with Crippen LogP contribution in [0.15, 0.2) is 48.5 Å². The third-order valence-corrected chi connectivity index (χ3v) is 3.18. The highest BCUT2D eigenvalue weighted by Gasteiger charge is 2.12. The first-order chi connectivity index (χ1) is 10.6. The summed E-state index contributed by atoms with van der Waals surface area (Å²) in [7, 11) is 5.31. The zero-order valence-corrected chi connectivity index (χ0v) is 13.2. The fourth-order valence-corrected chi connectivity index (χ4v) is 2.07. The van der Waals surface area contributed by atoms with Crippen molar-refractivity contribution in [1.82, 2.24) is 4.90 Å². The summed E-state index contributed by atoms with van der Waals surface area (Å²) in [5.41, 5.74) is 1.70. The summed E-state index contributed by atoms with van der Waals surface area (Å²) in [6.07, 6.45) is 0. The molecule has 116 valence electrons. The Morgan fingerprint density at radius 1 is 1.05 bits per heavy atom. The molecule has 4 heteroatoms. The van der Waals surface area contributed by atoms with E-state index in [1.807, 2.05) is 49.3 Å². The predicted molar refractivity (Wildman–Crippen MR) is 86.7 cm³/mol. The highest BCUT2D eigenvalue weighted by Crippen LogP contribution is 2.29. The Balaban J connectivity index is 2.10. The van der Waals surface area contributed by atoms with Gasteiger partial charge in [-0.3, -0.25) is 4.79 Å². The highest BCUT2D eigenvalue weighted by atomic mass is 16.5. The normalized spacial score (nSPS) is 10.5. The monoisotopic (exact) mass is 299 g/mol. The molecule has 0 saturated heterocycles. The van der Waals surface area contributed by atoms with Crippen LogP contribution < -0.4 is 9.47 Å². The van der Waals surface area contributed by atoms with E-state index < -0.39 is 0 Å². The van der Waals surface area contributed by atoms with E-state index in [1.165, 1.54) is 0 Å². The highest BCUT2D eigenvalue weighted by molar-refractivity contribution is 5.98. The molecule has 0 radical (unpaired) electrons. The topological polar surface area (TPSA) is 38.8 Å². The van der Waals surface area contributed by atoms with Crippen LogP contribution >= 0.6 is 0 Å². The van der Waals surface area contributed by atoms with Crippen molar-refractivity contribution in [3.8, 4) is 11.5 Å². The molecule has 0 fully saturated rings. The second-order valence-electron chi connectivity index (χ2n) is 5.30. The molecule has 0 N–H and O–H groups in total. The van der Waals surface area contributed by atoms with Crippen LogP contribution in [0.25, 0.3) is 0 Å². The van der Waals surface area contributed by atoms with Crippen molar-refractivity contribution in [2.24, 2.45) is 0 Å². The maximum atomic E-state index is 12.1. The van der Waals surface area contributed by atoms with Crippen LogP contribution in [0.3, 0.4) is 0 Å². The summed E-state index contributed by atoms with van der Waals surface area (Å²) in [4.78, 5) is 13.9. The number of hydrogen-bond donors (Lipinski definition) is 0. The zero-order valence-electron chi connectivity index (χ0n) is 13.2. The summed E-state index contributed by atoms with van der Waals surface area (Å²) in [6.45, 7) is 0.829. The zero-order chi connectivity index (χ0) is 15.9. The summed E-state index contributed by atoms with van der Waals surface area (Å²) in [5, 5.41) is 0. The number of likely N-dealkylation sites (N-methyl/N-ethyl adjacent to an activating group) is 1. The average Bonchev–Trinajstić information content (AvgIpc) is 2.53. The molecule has 0 aliphatic heterocycles. The maximum absolute atomic E-state index is 12.1. The van der Waals surface area contributed by atoms with E-state index >= 15 is 0 Å². The number of ether oxygens (including phenoxy) is 2. The summed E-state index contributed by atoms with van der Waals surface area (Å²) >= 11 is 0. The van der Waals surface area contributed by atoms with Crippen molar-refractivity contribution < 1.29 is 14.3 Å².